The predicted octanol–water partition coefficient (Wildman–Crippen LogP) is 6.09. The highest BCUT2D eigenvalue weighted by molar-refractivity contribution is 5.32. The molecule has 2 aliphatic rings. The van der Waals surface area contributed by atoms with Crippen LogP contribution in [0.15, 0.2) is 30.3 Å². The van der Waals surface area contributed by atoms with Gasteiger partial charge in [0.1, 0.15) is 6.10 Å². The lowest BCUT2D eigenvalue weighted by atomic mass is 9.78. The van der Waals surface area contributed by atoms with Gasteiger partial charge in [-0.25, -0.2) is 13.2 Å². The summed E-state index contributed by atoms with van der Waals surface area (Å²) in [6, 6.07) is 8.44. The molecule has 0 aromatic heterocycles. The SMILES string of the molecule is CCc1ccc(OCC2CCC(c3ccc(C4CO4)c(F)c3F)CC2)c(F)c1. The Morgan fingerprint density at radius 2 is 1.64 bits per heavy atom. The quantitative estimate of drug-likeness (QED) is 0.557. The van der Waals surface area contributed by atoms with Crippen molar-refractivity contribution in [3.63, 3.8) is 0 Å². The highest BCUT2D eigenvalue weighted by Crippen LogP contribution is 2.40. The average Bonchev–Trinajstić information content (AvgIpc) is 3.55. The number of benzene rings is 2. The van der Waals surface area contributed by atoms with Crippen LogP contribution in [0.2, 0.25) is 0 Å². The lowest BCUT2D eigenvalue weighted by Crippen LogP contribution is -2.20. The molecule has 4 rings (SSSR count). The third-order valence-corrected chi connectivity index (χ3v) is 5.99. The largest absolute Gasteiger partial charge is 0.490 e. The Morgan fingerprint density at radius 1 is 0.964 bits per heavy atom. The van der Waals surface area contributed by atoms with Crippen LogP contribution in [0.4, 0.5) is 13.2 Å². The molecule has 1 aliphatic carbocycles. The smallest absolute Gasteiger partial charge is 0.165 e. The van der Waals surface area contributed by atoms with Crippen molar-refractivity contribution in [2.45, 2.75) is 51.0 Å². The number of rotatable bonds is 6. The van der Waals surface area contributed by atoms with Crippen molar-refractivity contribution in [1.82, 2.24) is 0 Å². The van der Waals surface area contributed by atoms with E-state index in [1.165, 1.54) is 6.07 Å². The minimum Gasteiger partial charge on any atom is -0.490 e. The Bertz CT molecular complexity index is 840. The summed E-state index contributed by atoms with van der Waals surface area (Å²) in [5.41, 5.74) is 1.72. The molecule has 2 fully saturated rings. The zero-order valence-electron chi connectivity index (χ0n) is 16.0. The molecule has 1 atom stereocenters. The van der Waals surface area contributed by atoms with Crippen molar-refractivity contribution in [3.05, 3.63) is 64.5 Å². The van der Waals surface area contributed by atoms with Gasteiger partial charge in [0.05, 0.1) is 13.2 Å². The van der Waals surface area contributed by atoms with Crippen molar-refractivity contribution in [2.24, 2.45) is 5.92 Å². The van der Waals surface area contributed by atoms with E-state index in [9.17, 15) is 13.2 Å². The highest BCUT2D eigenvalue weighted by Gasteiger charge is 2.32. The van der Waals surface area contributed by atoms with Gasteiger partial charge in [-0.2, -0.15) is 0 Å². The minimum absolute atomic E-state index is 0.0143. The topological polar surface area (TPSA) is 21.8 Å². The van der Waals surface area contributed by atoms with Crippen LogP contribution in [0.25, 0.3) is 0 Å². The third kappa shape index (κ3) is 4.04. The minimum atomic E-state index is -0.767. The summed E-state index contributed by atoms with van der Waals surface area (Å²) in [5, 5.41) is 0. The molecule has 2 aromatic rings. The van der Waals surface area contributed by atoms with Gasteiger partial charge in [-0.15, -0.1) is 0 Å². The van der Waals surface area contributed by atoms with E-state index in [0.29, 0.717) is 30.3 Å². The van der Waals surface area contributed by atoms with Gasteiger partial charge in [0, 0.05) is 5.56 Å². The van der Waals surface area contributed by atoms with Crippen LogP contribution < -0.4 is 4.74 Å². The number of aryl methyl sites for hydroxylation is 1. The number of ether oxygens (including phenoxy) is 2. The summed E-state index contributed by atoms with van der Waals surface area (Å²) in [6.45, 7) is 2.89. The second-order valence-electron chi connectivity index (χ2n) is 7.84. The first-order valence-corrected chi connectivity index (χ1v) is 10.1. The molecule has 0 radical (unpaired) electrons. The summed E-state index contributed by atoms with van der Waals surface area (Å²) < 4.78 is 53.6. The predicted molar refractivity (Wildman–Crippen MR) is 101 cm³/mol. The van der Waals surface area contributed by atoms with Gasteiger partial charge >= 0.3 is 0 Å². The molecule has 0 spiro atoms. The maximum Gasteiger partial charge on any atom is 0.165 e. The van der Waals surface area contributed by atoms with Crippen molar-refractivity contribution in [2.75, 3.05) is 13.2 Å². The van der Waals surface area contributed by atoms with Crippen LogP contribution in [-0.4, -0.2) is 13.2 Å². The second kappa shape index (κ2) is 8.16. The molecular formula is C23H25F3O2. The molecule has 1 aliphatic heterocycles. The van der Waals surface area contributed by atoms with Crippen LogP contribution in [0, 0.1) is 23.4 Å². The standard InChI is InChI=1S/C23H25F3O2/c1-2-14-5-10-20(19(24)11-14)27-12-15-3-6-16(7-4-15)17-8-9-18(21-13-28-21)23(26)22(17)25/h5,8-11,15-16,21H,2-4,6-7,12-13H2,1H3. The number of epoxide rings is 1. The molecule has 0 amide bonds. The molecule has 2 nitrogen and oxygen atoms in total. The first-order chi connectivity index (χ1) is 13.6. The van der Waals surface area contributed by atoms with Crippen LogP contribution in [-0.2, 0) is 11.2 Å². The Kier molecular flexibility index (Phi) is 5.63. The van der Waals surface area contributed by atoms with E-state index in [1.807, 2.05) is 13.0 Å². The van der Waals surface area contributed by atoms with Gasteiger partial charge in [0.15, 0.2) is 23.2 Å². The molecule has 150 valence electrons. The highest BCUT2D eigenvalue weighted by atomic mass is 19.2. The lowest BCUT2D eigenvalue weighted by Gasteiger charge is -2.29. The Hall–Kier alpha value is -2.01. The van der Waals surface area contributed by atoms with Crippen molar-refractivity contribution in [1.29, 1.82) is 0 Å². The first kappa shape index (κ1) is 19.3. The van der Waals surface area contributed by atoms with E-state index in [0.717, 1.165) is 37.7 Å². The molecular weight excluding hydrogens is 365 g/mol. The fraction of sp³-hybridized carbons (Fsp3) is 0.478. The van der Waals surface area contributed by atoms with Gasteiger partial charge < -0.3 is 9.47 Å². The molecule has 2 aromatic carbocycles. The number of halogens is 3. The lowest BCUT2D eigenvalue weighted by molar-refractivity contribution is 0.193. The van der Waals surface area contributed by atoms with Crippen molar-refractivity contribution in [3.8, 4) is 5.75 Å². The maximum absolute atomic E-state index is 14.5. The zero-order valence-corrected chi connectivity index (χ0v) is 16.0. The Labute approximate surface area is 163 Å². The molecule has 1 unspecified atom stereocenters. The average molecular weight is 390 g/mol. The van der Waals surface area contributed by atoms with Crippen LogP contribution >= 0.6 is 0 Å². The van der Waals surface area contributed by atoms with E-state index in [4.69, 9.17) is 9.47 Å². The Morgan fingerprint density at radius 3 is 2.29 bits per heavy atom. The fourth-order valence-corrected chi connectivity index (χ4v) is 4.10. The van der Waals surface area contributed by atoms with Crippen molar-refractivity contribution >= 4 is 0 Å². The van der Waals surface area contributed by atoms with Gasteiger partial charge in [0.2, 0.25) is 0 Å². The summed E-state index contributed by atoms with van der Waals surface area (Å²) in [4.78, 5) is 0. The summed E-state index contributed by atoms with van der Waals surface area (Å²) in [5.74, 6) is -1.23. The molecule has 1 saturated carbocycles. The van der Waals surface area contributed by atoms with Crippen LogP contribution in [0.5, 0.6) is 5.75 Å². The number of hydrogen-bond acceptors (Lipinski definition) is 2. The van der Waals surface area contributed by atoms with E-state index in [1.54, 1.807) is 18.2 Å². The molecule has 5 heteroatoms. The normalized spacial score (nSPS) is 24.2. The van der Waals surface area contributed by atoms with Crippen molar-refractivity contribution < 1.29 is 22.6 Å². The monoisotopic (exact) mass is 390 g/mol. The van der Waals surface area contributed by atoms with E-state index in [2.05, 4.69) is 0 Å². The van der Waals surface area contributed by atoms with Gasteiger partial charge in [-0.05, 0) is 67.2 Å². The second-order valence-corrected chi connectivity index (χ2v) is 7.84. The van der Waals surface area contributed by atoms with Crippen LogP contribution in [0.3, 0.4) is 0 Å². The van der Waals surface area contributed by atoms with E-state index < -0.39 is 11.6 Å². The Balaban J connectivity index is 1.33. The van der Waals surface area contributed by atoms with Gasteiger partial charge in [-0.1, -0.05) is 25.1 Å². The molecule has 1 heterocycles. The summed E-state index contributed by atoms with van der Waals surface area (Å²) in [7, 11) is 0. The third-order valence-electron chi connectivity index (χ3n) is 5.99. The van der Waals surface area contributed by atoms with E-state index >= 15 is 0 Å². The zero-order chi connectivity index (χ0) is 19.7. The molecule has 1 saturated heterocycles. The maximum atomic E-state index is 14.5. The molecule has 0 bridgehead atoms. The first-order valence-electron chi connectivity index (χ1n) is 10.1. The van der Waals surface area contributed by atoms with Gasteiger partial charge in [0.25, 0.3) is 0 Å². The fourth-order valence-electron chi connectivity index (χ4n) is 4.10. The van der Waals surface area contributed by atoms with Crippen LogP contribution in [0.1, 0.15) is 61.3 Å². The molecule has 28 heavy (non-hydrogen) atoms. The van der Waals surface area contributed by atoms with E-state index in [-0.39, 0.29) is 23.6 Å². The molecule has 0 N–H and O–H groups in total. The van der Waals surface area contributed by atoms with Gasteiger partial charge in [-0.3, -0.25) is 0 Å². The number of hydrogen-bond donors (Lipinski definition) is 0. The summed E-state index contributed by atoms with van der Waals surface area (Å²) in [6.07, 6.45) is 3.76. The summed E-state index contributed by atoms with van der Waals surface area (Å²) >= 11 is 0.